The third-order valence-electron chi connectivity index (χ3n) is 5.16. The second-order valence-corrected chi connectivity index (χ2v) is 10.4. The van der Waals surface area contributed by atoms with Crippen molar-refractivity contribution in [3.05, 3.63) is 61.7 Å². The van der Waals surface area contributed by atoms with E-state index in [-0.39, 0.29) is 27.1 Å². The van der Waals surface area contributed by atoms with E-state index in [9.17, 15) is 27.6 Å². The molecule has 214 valence electrons. The minimum atomic E-state index is -4.73. The summed E-state index contributed by atoms with van der Waals surface area (Å²) in [6.07, 6.45) is -0.997. The molecule has 0 aliphatic heterocycles. The van der Waals surface area contributed by atoms with E-state index in [2.05, 4.69) is 35.9 Å². The van der Waals surface area contributed by atoms with Crippen molar-refractivity contribution in [2.45, 2.75) is 25.6 Å². The average Bonchev–Trinajstić information content (AvgIpc) is 3.38. The first-order chi connectivity index (χ1) is 18.8. The van der Waals surface area contributed by atoms with Gasteiger partial charge in [0.25, 0.3) is 17.7 Å². The van der Waals surface area contributed by atoms with Crippen LogP contribution in [0.1, 0.15) is 60.6 Å². The molecule has 3 N–H and O–H groups in total. The molecule has 17 heteroatoms. The summed E-state index contributed by atoms with van der Waals surface area (Å²) in [4.78, 5) is 55.4. The fourth-order valence-corrected chi connectivity index (χ4v) is 4.48. The number of hydrogen-bond acceptors (Lipinski definition) is 9. The third-order valence-corrected chi connectivity index (χ3v) is 6.99. The Morgan fingerprint density at radius 3 is 2.35 bits per heavy atom. The molecule has 1 unspecified atom stereocenters. The Labute approximate surface area is 240 Å². The third kappa shape index (κ3) is 8.06. The molecule has 0 aliphatic carbocycles. The van der Waals surface area contributed by atoms with Crippen molar-refractivity contribution in [1.29, 1.82) is 0 Å². The molecule has 3 amide bonds. The lowest BCUT2D eigenvalue weighted by Crippen LogP contribution is -2.30. The first-order valence-corrected chi connectivity index (χ1v) is 13.1. The molecule has 40 heavy (non-hydrogen) atoms. The van der Waals surface area contributed by atoms with Crippen LogP contribution in [-0.4, -0.2) is 69.7 Å². The highest BCUT2D eigenvalue weighted by atomic mass is 35.5. The van der Waals surface area contributed by atoms with Gasteiger partial charge in [-0.05, 0) is 40.1 Å². The smallest absolute Gasteiger partial charge is 0.351 e. The monoisotopic (exact) mass is 618 g/mol. The first-order valence-electron chi connectivity index (χ1n) is 11.5. The number of rotatable bonds is 10. The van der Waals surface area contributed by atoms with Crippen LogP contribution in [-0.2, 0) is 6.18 Å². The normalized spacial score (nSPS) is 12.2. The number of amides is 3. The molecule has 0 bridgehead atoms. The number of carbonyl (C=O) groups excluding carboxylic acids is 3. The standard InChI is InChI=1S/C23H23Cl2F3N8O3S/c1-11(34-21(39)18-16(25)17(32-10-33-18)20(38)29-5-4-6-36(2)3)22-31-9-14(40-22)19(37)35-15-7-12(23(26,27)28)13(24)8-30-15/h7-11H,4-6H2,1-3H3,(H,29,38)(H,34,39)(H,30,35,37). The van der Waals surface area contributed by atoms with Gasteiger partial charge in [0.1, 0.15) is 27.1 Å². The topological polar surface area (TPSA) is 142 Å². The average molecular weight is 619 g/mol. The number of hydrogen-bond donors (Lipinski definition) is 3. The van der Waals surface area contributed by atoms with Crippen LogP contribution in [0.25, 0.3) is 0 Å². The number of carbonyl (C=O) groups is 3. The van der Waals surface area contributed by atoms with E-state index < -0.39 is 40.5 Å². The Kier molecular flexibility index (Phi) is 10.4. The summed E-state index contributed by atoms with van der Waals surface area (Å²) in [7, 11) is 3.82. The van der Waals surface area contributed by atoms with Crippen LogP contribution in [0.15, 0.2) is 24.8 Å². The second-order valence-electron chi connectivity index (χ2n) is 8.56. The largest absolute Gasteiger partial charge is 0.418 e. The number of anilines is 1. The van der Waals surface area contributed by atoms with Crippen molar-refractivity contribution in [2.24, 2.45) is 0 Å². The molecule has 0 saturated carbocycles. The van der Waals surface area contributed by atoms with E-state index in [1.807, 2.05) is 19.0 Å². The second kappa shape index (κ2) is 13.3. The van der Waals surface area contributed by atoms with Crippen molar-refractivity contribution in [2.75, 3.05) is 32.5 Å². The van der Waals surface area contributed by atoms with Gasteiger partial charge in [0.05, 0.1) is 22.8 Å². The van der Waals surface area contributed by atoms with Crippen LogP contribution in [0.5, 0.6) is 0 Å². The van der Waals surface area contributed by atoms with Crippen molar-refractivity contribution >= 4 is 58.1 Å². The van der Waals surface area contributed by atoms with Gasteiger partial charge >= 0.3 is 6.18 Å². The zero-order chi connectivity index (χ0) is 29.6. The van der Waals surface area contributed by atoms with Crippen LogP contribution >= 0.6 is 34.5 Å². The highest BCUT2D eigenvalue weighted by Gasteiger charge is 2.34. The van der Waals surface area contributed by atoms with Crippen LogP contribution in [0.2, 0.25) is 10.0 Å². The summed E-state index contributed by atoms with van der Waals surface area (Å²) in [6, 6.07) is -0.103. The first kappa shape index (κ1) is 31.1. The Balaban J connectivity index is 1.65. The molecule has 0 radical (unpaired) electrons. The molecule has 1 atom stereocenters. The maximum atomic E-state index is 13.1. The summed E-state index contributed by atoms with van der Waals surface area (Å²) in [6.45, 7) is 2.73. The summed E-state index contributed by atoms with van der Waals surface area (Å²) < 4.78 is 39.2. The van der Waals surface area contributed by atoms with Crippen LogP contribution in [0.3, 0.4) is 0 Å². The molecule has 11 nitrogen and oxygen atoms in total. The molecule has 3 heterocycles. The van der Waals surface area contributed by atoms with E-state index in [4.69, 9.17) is 23.2 Å². The van der Waals surface area contributed by atoms with E-state index in [0.29, 0.717) is 24.0 Å². The molecule has 0 aliphatic rings. The molecule has 0 fully saturated rings. The molecule has 3 rings (SSSR count). The van der Waals surface area contributed by atoms with E-state index in [1.54, 1.807) is 6.92 Å². The highest BCUT2D eigenvalue weighted by Crippen LogP contribution is 2.35. The Hall–Kier alpha value is -3.40. The Morgan fingerprint density at radius 1 is 1.02 bits per heavy atom. The number of aromatic nitrogens is 4. The van der Waals surface area contributed by atoms with Gasteiger partial charge in [-0.15, -0.1) is 11.3 Å². The van der Waals surface area contributed by atoms with E-state index in [1.165, 1.54) is 6.20 Å². The molecule has 3 aromatic rings. The number of nitrogens with one attached hydrogen (secondary N) is 3. The van der Waals surface area contributed by atoms with Crippen molar-refractivity contribution in [1.82, 2.24) is 35.5 Å². The SMILES string of the molecule is CC(NC(=O)c1ncnc(C(=O)NCCCN(C)C)c1Cl)c1ncc(C(=O)Nc2cc(C(F)(F)F)c(Cl)cn2)s1. The predicted octanol–water partition coefficient (Wildman–Crippen LogP) is 4.08. The lowest BCUT2D eigenvalue weighted by atomic mass is 10.2. The zero-order valence-electron chi connectivity index (χ0n) is 21.3. The van der Waals surface area contributed by atoms with Gasteiger partial charge < -0.3 is 20.9 Å². The fourth-order valence-electron chi connectivity index (χ4n) is 3.19. The number of alkyl halides is 3. The van der Waals surface area contributed by atoms with Crippen LogP contribution < -0.4 is 16.0 Å². The maximum absolute atomic E-state index is 13.1. The summed E-state index contributed by atoms with van der Waals surface area (Å²) >= 11 is 12.7. The van der Waals surface area contributed by atoms with Crippen LogP contribution in [0, 0.1) is 0 Å². The fraction of sp³-hybridized carbons (Fsp3) is 0.348. The van der Waals surface area contributed by atoms with Crippen molar-refractivity contribution in [3.8, 4) is 0 Å². The van der Waals surface area contributed by atoms with Crippen LogP contribution in [0.4, 0.5) is 19.0 Å². The lowest BCUT2D eigenvalue weighted by Gasteiger charge is -2.13. The molecule has 3 aromatic heterocycles. The molecule has 0 saturated heterocycles. The van der Waals surface area contributed by atoms with Gasteiger partial charge in [0.2, 0.25) is 0 Å². The quantitative estimate of drug-likeness (QED) is 0.289. The van der Waals surface area contributed by atoms with Gasteiger partial charge in [-0.3, -0.25) is 14.4 Å². The van der Waals surface area contributed by atoms with Gasteiger partial charge in [0.15, 0.2) is 11.4 Å². The number of pyridine rings is 1. The number of halogens is 5. The minimum Gasteiger partial charge on any atom is -0.351 e. The van der Waals surface area contributed by atoms with Gasteiger partial charge in [-0.1, -0.05) is 23.2 Å². The van der Waals surface area contributed by atoms with E-state index in [0.717, 1.165) is 30.4 Å². The lowest BCUT2D eigenvalue weighted by molar-refractivity contribution is -0.137. The number of thiazole rings is 1. The van der Waals surface area contributed by atoms with Gasteiger partial charge in [-0.2, -0.15) is 13.2 Å². The maximum Gasteiger partial charge on any atom is 0.418 e. The van der Waals surface area contributed by atoms with E-state index >= 15 is 0 Å². The molecular weight excluding hydrogens is 596 g/mol. The Morgan fingerprint density at radius 2 is 1.70 bits per heavy atom. The zero-order valence-corrected chi connectivity index (χ0v) is 23.6. The van der Waals surface area contributed by atoms with Crippen molar-refractivity contribution in [3.63, 3.8) is 0 Å². The highest BCUT2D eigenvalue weighted by molar-refractivity contribution is 7.13. The molecule has 0 aromatic carbocycles. The summed E-state index contributed by atoms with van der Waals surface area (Å²) in [5.41, 5.74) is -1.53. The summed E-state index contributed by atoms with van der Waals surface area (Å²) in [5.74, 6) is -2.38. The Bertz CT molecular complexity index is 1400. The minimum absolute atomic E-state index is 0.0506. The molecule has 0 spiro atoms. The molecular formula is C23H23Cl2F3N8O3S. The predicted molar refractivity (Wildman–Crippen MR) is 143 cm³/mol. The van der Waals surface area contributed by atoms with Crippen molar-refractivity contribution < 1.29 is 27.6 Å². The number of nitrogens with zero attached hydrogens (tertiary/aromatic N) is 5. The van der Waals surface area contributed by atoms with Gasteiger partial charge in [0, 0.05) is 12.7 Å². The van der Waals surface area contributed by atoms with Gasteiger partial charge in [-0.25, -0.2) is 19.9 Å². The summed E-state index contributed by atoms with van der Waals surface area (Å²) in [5, 5.41) is 7.05.